The van der Waals surface area contributed by atoms with Crippen LogP contribution in [0.1, 0.15) is 21.7 Å². The van der Waals surface area contributed by atoms with Crippen molar-refractivity contribution in [2.45, 2.75) is 6.61 Å². The number of carbonyl (C=O) groups is 2. The lowest BCUT2D eigenvalue weighted by Crippen LogP contribution is -2.30. The summed E-state index contributed by atoms with van der Waals surface area (Å²) in [5.74, 6) is -0.460. The second kappa shape index (κ2) is 7.28. The molecule has 0 spiro atoms. The number of rotatable bonds is 5. The summed E-state index contributed by atoms with van der Waals surface area (Å²) in [6.45, 7) is 3.45. The number of esters is 1. The van der Waals surface area contributed by atoms with Crippen LogP contribution in [-0.2, 0) is 16.1 Å². The third-order valence-electron chi connectivity index (χ3n) is 4.26. The van der Waals surface area contributed by atoms with E-state index >= 15 is 0 Å². The molecule has 0 atom stereocenters. The minimum Gasteiger partial charge on any atom is -0.456 e. The van der Waals surface area contributed by atoms with Gasteiger partial charge in [0.05, 0.1) is 10.6 Å². The van der Waals surface area contributed by atoms with Gasteiger partial charge in [0, 0.05) is 16.8 Å². The molecule has 1 aliphatic rings. The molecule has 0 unspecified atom stereocenters. The molecule has 1 aliphatic heterocycles. The van der Waals surface area contributed by atoms with Gasteiger partial charge in [-0.15, -0.1) is 0 Å². The Hall–Kier alpha value is -3.45. The number of carbonyl (C=O) groups excluding carboxylic acids is 2. The van der Waals surface area contributed by atoms with Crippen molar-refractivity contribution in [1.29, 1.82) is 0 Å². The third-order valence-corrected chi connectivity index (χ3v) is 4.59. The first kappa shape index (κ1) is 17.9. The fourth-order valence-corrected chi connectivity index (χ4v) is 3.09. The van der Waals surface area contributed by atoms with Crippen molar-refractivity contribution in [3.8, 4) is 11.5 Å². The van der Waals surface area contributed by atoms with Crippen molar-refractivity contribution in [2.24, 2.45) is 0 Å². The standard InChI is InChI=1S/C20H14ClN3O4/c1-12-13-6-2-3-7-14(13)20(26)24(12)10-18(25)27-11-17-22-19(28-23-17)15-8-4-5-9-16(15)21/h2-9H,1,10-11H2. The van der Waals surface area contributed by atoms with Gasteiger partial charge in [-0.05, 0) is 18.2 Å². The molecule has 2 heterocycles. The first-order valence-electron chi connectivity index (χ1n) is 8.38. The van der Waals surface area contributed by atoms with Gasteiger partial charge in [0.25, 0.3) is 11.8 Å². The molecule has 4 rings (SSSR count). The first-order chi connectivity index (χ1) is 13.5. The lowest BCUT2D eigenvalue weighted by atomic mass is 10.1. The van der Waals surface area contributed by atoms with E-state index in [0.717, 1.165) is 0 Å². The van der Waals surface area contributed by atoms with Gasteiger partial charge in [-0.2, -0.15) is 4.98 Å². The summed E-state index contributed by atoms with van der Waals surface area (Å²) in [6, 6.07) is 14.1. The number of hydrogen-bond acceptors (Lipinski definition) is 6. The minimum atomic E-state index is -0.605. The molecule has 1 aromatic heterocycles. The van der Waals surface area contributed by atoms with Crippen LogP contribution in [0.15, 0.2) is 59.6 Å². The maximum atomic E-state index is 12.4. The van der Waals surface area contributed by atoms with Gasteiger partial charge in [0.15, 0.2) is 6.61 Å². The van der Waals surface area contributed by atoms with E-state index in [1.54, 1.807) is 42.5 Å². The van der Waals surface area contributed by atoms with E-state index in [-0.39, 0.29) is 30.8 Å². The highest BCUT2D eigenvalue weighted by Crippen LogP contribution is 2.31. The number of ether oxygens (including phenoxy) is 1. The number of nitrogens with zero attached hydrogens (tertiary/aromatic N) is 3. The first-order valence-corrected chi connectivity index (χ1v) is 8.75. The summed E-state index contributed by atoms with van der Waals surface area (Å²) in [5, 5.41) is 4.25. The van der Waals surface area contributed by atoms with E-state index in [1.165, 1.54) is 4.90 Å². The number of hydrogen-bond donors (Lipinski definition) is 0. The van der Waals surface area contributed by atoms with E-state index in [1.807, 2.05) is 6.07 Å². The average Bonchev–Trinajstić information content (AvgIpc) is 3.26. The van der Waals surface area contributed by atoms with Gasteiger partial charge < -0.3 is 9.26 Å². The Kier molecular flexibility index (Phi) is 4.67. The van der Waals surface area contributed by atoms with Crippen LogP contribution >= 0.6 is 11.6 Å². The molecule has 0 saturated carbocycles. The van der Waals surface area contributed by atoms with Crippen LogP contribution in [0, 0.1) is 0 Å². The van der Waals surface area contributed by atoms with Crippen LogP contribution in [0.25, 0.3) is 17.2 Å². The van der Waals surface area contributed by atoms with Crippen molar-refractivity contribution in [3.63, 3.8) is 0 Å². The maximum absolute atomic E-state index is 12.4. The molecule has 7 nitrogen and oxygen atoms in total. The van der Waals surface area contributed by atoms with Gasteiger partial charge >= 0.3 is 5.97 Å². The monoisotopic (exact) mass is 395 g/mol. The Morgan fingerprint density at radius 2 is 1.79 bits per heavy atom. The molecule has 3 aromatic rings. The van der Waals surface area contributed by atoms with Crippen molar-refractivity contribution < 1.29 is 18.8 Å². The van der Waals surface area contributed by atoms with E-state index in [4.69, 9.17) is 20.9 Å². The highest BCUT2D eigenvalue weighted by molar-refractivity contribution is 6.33. The Labute approximate surface area is 165 Å². The molecule has 2 aromatic carbocycles. The Balaban J connectivity index is 1.38. The van der Waals surface area contributed by atoms with Crippen LogP contribution in [0.3, 0.4) is 0 Å². The number of benzene rings is 2. The third kappa shape index (κ3) is 3.27. The maximum Gasteiger partial charge on any atom is 0.326 e. The summed E-state index contributed by atoms with van der Waals surface area (Å²) in [6.07, 6.45) is 0. The average molecular weight is 396 g/mol. The summed E-state index contributed by atoms with van der Waals surface area (Å²) >= 11 is 6.10. The van der Waals surface area contributed by atoms with Gasteiger partial charge in [-0.25, -0.2) is 0 Å². The summed E-state index contributed by atoms with van der Waals surface area (Å²) in [5.41, 5.74) is 2.29. The molecule has 0 saturated heterocycles. The lowest BCUT2D eigenvalue weighted by Gasteiger charge is -2.15. The molecule has 28 heavy (non-hydrogen) atoms. The van der Waals surface area contributed by atoms with Gasteiger partial charge in [0.2, 0.25) is 5.82 Å². The molecule has 0 radical (unpaired) electrons. The zero-order chi connectivity index (χ0) is 19.7. The zero-order valence-corrected chi connectivity index (χ0v) is 15.3. The number of halogens is 1. The van der Waals surface area contributed by atoms with Gasteiger partial charge in [-0.1, -0.05) is 53.7 Å². The second-order valence-electron chi connectivity index (χ2n) is 6.04. The molecule has 0 bridgehead atoms. The number of amides is 1. The topological polar surface area (TPSA) is 85.5 Å². The highest BCUT2D eigenvalue weighted by Gasteiger charge is 2.32. The molecule has 0 fully saturated rings. The SMILES string of the molecule is C=C1c2ccccc2C(=O)N1CC(=O)OCc1noc(-c2ccccc2Cl)n1. The van der Waals surface area contributed by atoms with Crippen molar-refractivity contribution in [3.05, 3.63) is 77.1 Å². The normalized spacial score (nSPS) is 13.0. The number of fused-ring (bicyclic) bond motifs is 1. The van der Waals surface area contributed by atoms with E-state index < -0.39 is 5.97 Å². The lowest BCUT2D eigenvalue weighted by molar-refractivity contribution is -0.145. The zero-order valence-electron chi connectivity index (χ0n) is 14.6. The second-order valence-corrected chi connectivity index (χ2v) is 6.45. The number of aromatic nitrogens is 2. The van der Waals surface area contributed by atoms with Crippen LogP contribution in [0.4, 0.5) is 0 Å². The van der Waals surface area contributed by atoms with Crippen molar-refractivity contribution in [1.82, 2.24) is 15.0 Å². The summed E-state index contributed by atoms with van der Waals surface area (Å²) in [4.78, 5) is 30.1. The molecule has 0 aliphatic carbocycles. The van der Waals surface area contributed by atoms with Crippen LogP contribution in [0.2, 0.25) is 5.02 Å². The Morgan fingerprint density at radius 3 is 2.50 bits per heavy atom. The minimum absolute atomic E-state index is 0.186. The Morgan fingerprint density at radius 1 is 1.11 bits per heavy atom. The molecular formula is C20H14ClN3O4. The predicted octanol–water partition coefficient (Wildman–Crippen LogP) is 3.56. The van der Waals surface area contributed by atoms with E-state index in [9.17, 15) is 9.59 Å². The van der Waals surface area contributed by atoms with Crippen molar-refractivity contribution in [2.75, 3.05) is 6.54 Å². The van der Waals surface area contributed by atoms with Gasteiger partial charge in [-0.3, -0.25) is 14.5 Å². The molecular weight excluding hydrogens is 382 g/mol. The largest absolute Gasteiger partial charge is 0.456 e. The smallest absolute Gasteiger partial charge is 0.326 e. The quantitative estimate of drug-likeness (QED) is 0.614. The summed E-state index contributed by atoms with van der Waals surface area (Å²) in [7, 11) is 0. The van der Waals surface area contributed by atoms with Crippen LogP contribution < -0.4 is 0 Å². The highest BCUT2D eigenvalue weighted by atomic mass is 35.5. The van der Waals surface area contributed by atoms with Gasteiger partial charge in [0.1, 0.15) is 6.54 Å². The molecule has 8 heteroatoms. The fourth-order valence-electron chi connectivity index (χ4n) is 2.88. The fraction of sp³-hybridized carbons (Fsp3) is 0.100. The molecule has 0 N–H and O–H groups in total. The Bertz CT molecular complexity index is 1060. The van der Waals surface area contributed by atoms with E-state index in [0.29, 0.717) is 27.4 Å². The summed E-state index contributed by atoms with van der Waals surface area (Å²) < 4.78 is 10.3. The van der Waals surface area contributed by atoms with E-state index in [2.05, 4.69) is 16.7 Å². The van der Waals surface area contributed by atoms with Crippen LogP contribution in [0.5, 0.6) is 0 Å². The van der Waals surface area contributed by atoms with Crippen molar-refractivity contribution >= 4 is 29.2 Å². The molecule has 140 valence electrons. The predicted molar refractivity (Wildman–Crippen MR) is 101 cm³/mol. The van der Waals surface area contributed by atoms with Crippen LogP contribution in [-0.4, -0.2) is 33.5 Å². The molecule has 1 amide bonds.